The quantitative estimate of drug-likeness (QED) is 0.486. The van der Waals surface area contributed by atoms with Gasteiger partial charge in [0.1, 0.15) is 5.69 Å². The average Bonchev–Trinajstić information content (AvgIpc) is 2.96. The molecule has 9 heteroatoms. The number of ether oxygens (including phenoxy) is 2. The number of nitrogens with zero attached hydrogens (tertiary/aromatic N) is 2. The van der Waals surface area contributed by atoms with Crippen LogP contribution in [0.3, 0.4) is 0 Å². The minimum Gasteiger partial charge on any atom is -0.469 e. The van der Waals surface area contributed by atoms with Gasteiger partial charge in [0.05, 0.1) is 37.4 Å². The van der Waals surface area contributed by atoms with Gasteiger partial charge in [0.2, 0.25) is 0 Å². The number of hydrogen-bond acceptors (Lipinski definition) is 6. The van der Waals surface area contributed by atoms with Crippen molar-refractivity contribution in [2.24, 2.45) is 0 Å². The van der Waals surface area contributed by atoms with Crippen LogP contribution >= 0.6 is 0 Å². The molecule has 0 bridgehead atoms. The van der Waals surface area contributed by atoms with Gasteiger partial charge in [-0.05, 0) is 0 Å². The van der Waals surface area contributed by atoms with E-state index in [9.17, 15) is 19.7 Å². The Hall–Kier alpha value is -2.42. The summed E-state index contributed by atoms with van der Waals surface area (Å²) in [4.78, 5) is 37.6. The predicted octanol–water partition coefficient (Wildman–Crippen LogP) is 0.327. The molecule has 1 aliphatic rings. The van der Waals surface area contributed by atoms with Crippen molar-refractivity contribution in [1.82, 2.24) is 9.88 Å². The summed E-state index contributed by atoms with van der Waals surface area (Å²) in [6, 6.07) is 1.19. The minimum absolute atomic E-state index is 0.0607. The molecule has 0 aromatic carbocycles. The summed E-state index contributed by atoms with van der Waals surface area (Å²) in [6.07, 6.45) is 0.796. The second-order valence-corrected chi connectivity index (χ2v) is 4.55. The Morgan fingerprint density at radius 2 is 2.38 bits per heavy atom. The number of rotatable bonds is 4. The molecule has 0 saturated carbocycles. The van der Waals surface area contributed by atoms with Crippen molar-refractivity contribution in [3.05, 3.63) is 28.1 Å². The van der Waals surface area contributed by atoms with Crippen LogP contribution in [-0.4, -0.2) is 59.6 Å². The third-order valence-corrected chi connectivity index (χ3v) is 3.16. The van der Waals surface area contributed by atoms with Crippen molar-refractivity contribution in [1.29, 1.82) is 0 Å². The first-order valence-corrected chi connectivity index (χ1v) is 6.31. The summed E-state index contributed by atoms with van der Waals surface area (Å²) in [5, 5.41) is 10.6. The lowest BCUT2D eigenvalue weighted by molar-refractivity contribution is -0.384. The zero-order chi connectivity index (χ0) is 15.4. The summed E-state index contributed by atoms with van der Waals surface area (Å²) in [7, 11) is 1.28. The zero-order valence-electron chi connectivity index (χ0n) is 11.4. The molecule has 1 saturated heterocycles. The Morgan fingerprint density at radius 3 is 3.00 bits per heavy atom. The van der Waals surface area contributed by atoms with E-state index in [0.717, 1.165) is 0 Å². The lowest BCUT2D eigenvalue weighted by Gasteiger charge is -2.32. The van der Waals surface area contributed by atoms with Crippen LogP contribution in [0.5, 0.6) is 0 Å². The first-order chi connectivity index (χ1) is 10.0. The Kier molecular flexibility index (Phi) is 4.53. The molecule has 1 aliphatic heterocycles. The fourth-order valence-electron chi connectivity index (χ4n) is 2.08. The first-order valence-electron chi connectivity index (χ1n) is 6.31. The Bertz CT molecular complexity index is 555. The van der Waals surface area contributed by atoms with Crippen molar-refractivity contribution in [2.75, 3.05) is 26.8 Å². The van der Waals surface area contributed by atoms with Crippen LogP contribution in [0.2, 0.25) is 0 Å². The molecule has 1 amide bonds. The van der Waals surface area contributed by atoms with Gasteiger partial charge < -0.3 is 19.4 Å². The fraction of sp³-hybridized carbons (Fsp3) is 0.500. The molecule has 1 atom stereocenters. The topological polar surface area (TPSA) is 115 Å². The molecule has 9 nitrogen and oxygen atoms in total. The van der Waals surface area contributed by atoms with Gasteiger partial charge >= 0.3 is 5.97 Å². The number of methoxy groups -OCH3 is 1. The number of carbonyl (C=O) groups excluding carboxylic acids is 2. The molecule has 1 fully saturated rings. The number of nitrogens with one attached hydrogen (secondary N) is 1. The van der Waals surface area contributed by atoms with Gasteiger partial charge in [-0.1, -0.05) is 0 Å². The van der Waals surface area contributed by atoms with Crippen LogP contribution < -0.4 is 0 Å². The van der Waals surface area contributed by atoms with Crippen molar-refractivity contribution in [3.8, 4) is 0 Å². The van der Waals surface area contributed by atoms with E-state index in [4.69, 9.17) is 4.74 Å². The van der Waals surface area contributed by atoms with E-state index in [2.05, 4.69) is 9.72 Å². The molecule has 1 N–H and O–H groups in total. The fourth-order valence-corrected chi connectivity index (χ4v) is 2.08. The van der Waals surface area contributed by atoms with Crippen molar-refractivity contribution < 1.29 is 24.0 Å². The van der Waals surface area contributed by atoms with E-state index in [1.54, 1.807) is 0 Å². The van der Waals surface area contributed by atoms with Crippen molar-refractivity contribution >= 4 is 17.6 Å². The number of aromatic amines is 1. The maximum absolute atomic E-state index is 12.2. The van der Waals surface area contributed by atoms with Crippen molar-refractivity contribution in [3.63, 3.8) is 0 Å². The number of H-pyrrole nitrogens is 1. The van der Waals surface area contributed by atoms with E-state index in [1.165, 1.54) is 24.3 Å². The molecule has 1 unspecified atom stereocenters. The third kappa shape index (κ3) is 3.57. The maximum atomic E-state index is 12.2. The number of nitro groups is 1. The SMILES string of the molecule is COC(=O)CC1CN(C(=O)c2cc([N+](=O)[O-])c[nH]2)CCO1. The number of amides is 1. The highest BCUT2D eigenvalue weighted by Crippen LogP contribution is 2.16. The highest BCUT2D eigenvalue weighted by Gasteiger charge is 2.28. The molecule has 0 spiro atoms. The third-order valence-electron chi connectivity index (χ3n) is 3.16. The van der Waals surface area contributed by atoms with Crippen LogP contribution in [-0.2, 0) is 14.3 Å². The molecule has 114 valence electrons. The standard InChI is InChI=1S/C12H15N3O6/c1-20-11(16)5-9-7-14(2-3-21-9)12(17)10-4-8(6-13-10)15(18)19/h4,6,9,13H,2-3,5,7H2,1H3. The van der Waals surface area contributed by atoms with Gasteiger partial charge in [-0.15, -0.1) is 0 Å². The molecule has 2 rings (SSSR count). The van der Waals surface area contributed by atoms with Gasteiger partial charge in [0.15, 0.2) is 0 Å². The second kappa shape index (κ2) is 6.35. The Balaban J connectivity index is 2.01. The predicted molar refractivity (Wildman–Crippen MR) is 69.7 cm³/mol. The Morgan fingerprint density at radius 1 is 1.62 bits per heavy atom. The number of morpholine rings is 1. The van der Waals surface area contributed by atoms with Gasteiger partial charge in [0.25, 0.3) is 11.6 Å². The van der Waals surface area contributed by atoms with E-state index in [0.29, 0.717) is 13.2 Å². The highest BCUT2D eigenvalue weighted by atomic mass is 16.6. The van der Waals surface area contributed by atoms with Crippen molar-refractivity contribution in [2.45, 2.75) is 12.5 Å². The smallest absolute Gasteiger partial charge is 0.308 e. The lowest BCUT2D eigenvalue weighted by atomic mass is 10.2. The second-order valence-electron chi connectivity index (χ2n) is 4.55. The molecule has 21 heavy (non-hydrogen) atoms. The van der Waals surface area contributed by atoms with Crippen LogP contribution in [0.1, 0.15) is 16.9 Å². The lowest BCUT2D eigenvalue weighted by Crippen LogP contribution is -2.46. The number of carbonyl (C=O) groups is 2. The Labute approximate surface area is 120 Å². The van der Waals surface area contributed by atoms with E-state index < -0.39 is 17.0 Å². The van der Waals surface area contributed by atoms with Crippen LogP contribution in [0, 0.1) is 10.1 Å². The highest BCUT2D eigenvalue weighted by molar-refractivity contribution is 5.93. The average molecular weight is 297 g/mol. The van der Waals surface area contributed by atoms with Gasteiger partial charge in [-0.3, -0.25) is 19.7 Å². The van der Waals surface area contributed by atoms with Crippen LogP contribution in [0.25, 0.3) is 0 Å². The number of hydrogen-bond donors (Lipinski definition) is 1. The maximum Gasteiger partial charge on any atom is 0.308 e. The van der Waals surface area contributed by atoms with Gasteiger partial charge in [0, 0.05) is 19.2 Å². The van der Waals surface area contributed by atoms with E-state index in [1.807, 2.05) is 0 Å². The number of aromatic nitrogens is 1. The molecule has 0 radical (unpaired) electrons. The monoisotopic (exact) mass is 297 g/mol. The summed E-state index contributed by atoms with van der Waals surface area (Å²) in [5.74, 6) is -0.772. The first kappa shape index (κ1) is 15.0. The summed E-state index contributed by atoms with van der Waals surface area (Å²) < 4.78 is 9.96. The van der Waals surface area contributed by atoms with E-state index >= 15 is 0 Å². The van der Waals surface area contributed by atoms with Gasteiger partial charge in [-0.2, -0.15) is 0 Å². The molecule has 2 heterocycles. The molecule has 0 aliphatic carbocycles. The largest absolute Gasteiger partial charge is 0.469 e. The zero-order valence-corrected chi connectivity index (χ0v) is 11.4. The minimum atomic E-state index is -0.577. The number of esters is 1. The molecule has 1 aromatic rings. The summed E-state index contributed by atoms with van der Waals surface area (Å²) in [5.41, 5.74) is -0.0295. The summed E-state index contributed by atoms with van der Waals surface area (Å²) in [6.45, 7) is 0.903. The molecular weight excluding hydrogens is 282 g/mol. The van der Waals surface area contributed by atoms with E-state index in [-0.39, 0.29) is 30.3 Å². The van der Waals surface area contributed by atoms with Crippen LogP contribution in [0.15, 0.2) is 12.3 Å². The normalized spacial score (nSPS) is 18.3. The molecular formula is C12H15N3O6. The van der Waals surface area contributed by atoms with Crippen LogP contribution in [0.4, 0.5) is 5.69 Å². The molecule has 1 aromatic heterocycles. The summed E-state index contributed by atoms with van der Waals surface area (Å²) >= 11 is 0. The van der Waals surface area contributed by atoms with Gasteiger partial charge in [-0.25, -0.2) is 0 Å².